The summed E-state index contributed by atoms with van der Waals surface area (Å²) in [4.78, 5) is 11.9. The first-order chi connectivity index (χ1) is 10.5. The highest BCUT2D eigenvalue weighted by Crippen LogP contribution is 2.22. The summed E-state index contributed by atoms with van der Waals surface area (Å²) in [6.07, 6.45) is 0. The molecule has 1 aromatic carbocycles. The number of hydrogen-bond acceptors (Lipinski definition) is 3. The van der Waals surface area contributed by atoms with E-state index in [1.54, 1.807) is 18.2 Å². The molecule has 0 aliphatic heterocycles. The Morgan fingerprint density at radius 3 is 2.59 bits per heavy atom. The minimum absolute atomic E-state index is 0.0733. The number of alkyl halides is 2. The third kappa shape index (κ3) is 4.28. The molecule has 0 fully saturated rings. The molecule has 22 heavy (non-hydrogen) atoms. The van der Waals surface area contributed by atoms with Gasteiger partial charge in [-0.25, -0.2) is 0 Å². The van der Waals surface area contributed by atoms with Gasteiger partial charge in [-0.1, -0.05) is 13.8 Å². The maximum atomic E-state index is 12.1. The van der Waals surface area contributed by atoms with E-state index in [2.05, 4.69) is 20.3 Å². The van der Waals surface area contributed by atoms with E-state index in [0.29, 0.717) is 29.4 Å². The lowest BCUT2D eigenvalue weighted by atomic mass is 10.1. The molecule has 0 bridgehead atoms. The summed E-state index contributed by atoms with van der Waals surface area (Å²) in [5, 5.41) is 9.49. The molecular formula is C15H17F2N3O2. The van der Waals surface area contributed by atoms with Crippen molar-refractivity contribution in [3.8, 4) is 17.0 Å². The minimum Gasteiger partial charge on any atom is -0.435 e. The highest BCUT2D eigenvalue weighted by molar-refractivity contribution is 5.93. The summed E-state index contributed by atoms with van der Waals surface area (Å²) < 4.78 is 28.4. The maximum Gasteiger partial charge on any atom is 0.387 e. The van der Waals surface area contributed by atoms with Gasteiger partial charge in [0.25, 0.3) is 5.91 Å². The first-order valence-corrected chi connectivity index (χ1v) is 6.84. The van der Waals surface area contributed by atoms with Gasteiger partial charge >= 0.3 is 6.61 Å². The van der Waals surface area contributed by atoms with Gasteiger partial charge in [0.15, 0.2) is 0 Å². The molecule has 0 saturated carbocycles. The molecule has 0 spiro atoms. The van der Waals surface area contributed by atoms with Crippen LogP contribution in [0.3, 0.4) is 0 Å². The van der Waals surface area contributed by atoms with Gasteiger partial charge in [0.05, 0.1) is 5.69 Å². The normalized spacial score (nSPS) is 11.0. The van der Waals surface area contributed by atoms with Gasteiger partial charge in [0, 0.05) is 12.1 Å². The van der Waals surface area contributed by atoms with Gasteiger partial charge in [0.1, 0.15) is 11.4 Å². The van der Waals surface area contributed by atoms with Crippen molar-refractivity contribution in [1.29, 1.82) is 0 Å². The lowest BCUT2D eigenvalue weighted by Gasteiger charge is -2.05. The molecule has 0 radical (unpaired) electrons. The monoisotopic (exact) mass is 309 g/mol. The fraction of sp³-hybridized carbons (Fsp3) is 0.333. The molecule has 0 saturated heterocycles. The fourth-order valence-electron chi connectivity index (χ4n) is 1.79. The number of carbonyl (C=O) groups is 1. The van der Waals surface area contributed by atoms with Gasteiger partial charge < -0.3 is 10.1 Å². The van der Waals surface area contributed by atoms with Crippen molar-refractivity contribution in [2.45, 2.75) is 20.5 Å². The van der Waals surface area contributed by atoms with Crippen LogP contribution >= 0.6 is 0 Å². The van der Waals surface area contributed by atoms with E-state index in [1.165, 1.54) is 12.1 Å². The van der Waals surface area contributed by atoms with Crippen LogP contribution in [0.4, 0.5) is 8.78 Å². The number of nitrogens with zero attached hydrogens (tertiary/aromatic N) is 1. The number of benzene rings is 1. The molecule has 7 heteroatoms. The van der Waals surface area contributed by atoms with Gasteiger partial charge in [0.2, 0.25) is 0 Å². The predicted octanol–water partition coefficient (Wildman–Crippen LogP) is 3.06. The molecule has 0 atom stereocenters. The minimum atomic E-state index is -2.85. The fourth-order valence-corrected chi connectivity index (χ4v) is 1.79. The standard InChI is InChI=1S/C15H17F2N3O2/c1-9(2)8-18-14(21)13-7-12(19-20-13)10-3-5-11(6-4-10)22-15(16)17/h3-7,9,15H,8H2,1-2H3,(H,18,21)(H,19,20). The average Bonchev–Trinajstić information content (AvgIpc) is 2.94. The van der Waals surface area contributed by atoms with Gasteiger partial charge in [-0.3, -0.25) is 9.89 Å². The Bertz CT molecular complexity index is 624. The van der Waals surface area contributed by atoms with E-state index in [0.717, 1.165) is 0 Å². The molecule has 0 aliphatic rings. The van der Waals surface area contributed by atoms with Crippen LogP contribution in [0.25, 0.3) is 11.3 Å². The van der Waals surface area contributed by atoms with E-state index >= 15 is 0 Å². The number of H-pyrrole nitrogens is 1. The van der Waals surface area contributed by atoms with Crippen molar-refractivity contribution < 1.29 is 18.3 Å². The van der Waals surface area contributed by atoms with Crippen LogP contribution in [-0.2, 0) is 0 Å². The topological polar surface area (TPSA) is 67.0 Å². The number of carbonyl (C=O) groups excluding carboxylic acids is 1. The number of ether oxygens (including phenoxy) is 1. The largest absolute Gasteiger partial charge is 0.435 e. The van der Waals surface area contributed by atoms with Crippen LogP contribution in [0.5, 0.6) is 5.75 Å². The number of rotatable bonds is 6. The third-order valence-electron chi connectivity index (χ3n) is 2.87. The third-order valence-corrected chi connectivity index (χ3v) is 2.87. The number of halogens is 2. The first-order valence-electron chi connectivity index (χ1n) is 6.84. The summed E-state index contributed by atoms with van der Waals surface area (Å²) in [7, 11) is 0. The van der Waals surface area contributed by atoms with Gasteiger partial charge in [-0.15, -0.1) is 0 Å². The van der Waals surface area contributed by atoms with Crippen LogP contribution < -0.4 is 10.1 Å². The summed E-state index contributed by atoms with van der Waals surface area (Å²) in [6.45, 7) is 1.73. The zero-order valence-electron chi connectivity index (χ0n) is 12.3. The van der Waals surface area contributed by atoms with Crippen molar-refractivity contribution in [2.24, 2.45) is 5.92 Å². The number of amides is 1. The molecule has 2 N–H and O–H groups in total. The van der Waals surface area contributed by atoms with E-state index < -0.39 is 6.61 Å². The van der Waals surface area contributed by atoms with Crippen LogP contribution in [0.1, 0.15) is 24.3 Å². The maximum absolute atomic E-state index is 12.1. The second-order valence-corrected chi connectivity index (χ2v) is 5.17. The van der Waals surface area contributed by atoms with Crippen molar-refractivity contribution >= 4 is 5.91 Å². The molecule has 0 unspecified atom stereocenters. The Morgan fingerprint density at radius 1 is 1.32 bits per heavy atom. The van der Waals surface area contributed by atoms with Gasteiger partial charge in [-0.05, 0) is 36.2 Å². The summed E-state index contributed by atoms with van der Waals surface area (Å²) in [6, 6.07) is 7.66. The molecule has 0 aliphatic carbocycles. The Balaban J connectivity index is 2.06. The molecule has 118 valence electrons. The van der Waals surface area contributed by atoms with Crippen LogP contribution in [-0.4, -0.2) is 29.3 Å². The summed E-state index contributed by atoms with van der Waals surface area (Å²) in [5.41, 5.74) is 1.60. The molecule has 1 aromatic heterocycles. The highest BCUT2D eigenvalue weighted by atomic mass is 19.3. The molecular weight excluding hydrogens is 292 g/mol. The Kier molecular flexibility index (Phi) is 5.08. The van der Waals surface area contributed by atoms with Crippen molar-refractivity contribution in [3.63, 3.8) is 0 Å². The van der Waals surface area contributed by atoms with Crippen molar-refractivity contribution in [2.75, 3.05) is 6.54 Å². The smallest absolute Gasteiger partial charge is 0.387 e. The van der Waals surface area contributed by atoms with Crippen LogP contribution in [0, 0.1) is 5.92 Å². The van der Waals surface area contributed by atoms with Crippen molar-refractivity contribution in [1.82, 2.24) is 15.5 Å². The number of nitrogens with one attached hydrogen (secondary N) is 2. The molecule has 2 aromatic rings. The molecule has 2 rings (SSSR count). The zero-order chi connectivity index (χ0) is 16.1. The lowest BCUT2D eigenvalue weighted by Crippen LogP contribution is -2.27. The quantitative estimate of drug-likeness (QED) is 0.862. The number of aromatic nitrogens is 2. The number of aromatic amines is 1. The second-order valence-electron chi connectivity index (χ2n) is 5.17. The SMILES string of the molecule is CC(C)CNC(=O)c1cc(-c2ccc(OC(F)F)cc2)n[nH]1. The van der Waals surface area contributed by atoms with Crippen LogP contribution in [0.15, 0.2) is 30.3 Å². The second kappa shape index (κ2) is 7.02. The van der Waals surface area contributed by atoms with Gasteiger partial charge in [-0.2, -0.15) is 13.9 Å². The number of hydrogen-bond donors (Lipinski definition) is 2. The first kappa shape index (κ1) is 15.9. The Hall–Kier alpha value is -2.44. The predicted molar refractivity (Wildman–Crippen MR) is 77.8 cm³/mol. The van der Waals surface area contributed by atoms with E-state index in [1.807, 2.05) is 13.8 Å². The molecule has 5 nitrogen and oxygen atoms in total. The van der Waals surface area contributed by atoms with E-state index in [-0.39, 0.29) is 11.7 Å². The highest BCUT2D eigenvalue weighted by Gasteiger charge is 2.11. The lowest BCUT2D eigenvalue weighted by molar-refractivity contribution is -0.0498. The average molecular weight is 309 g/mol. The summed E-state index contributed by atoms with van der Waals surface area (Å²) in [5.74, 6) is 0.197. The van der Waals surface area contributed by atoms with E-state index in [9.17, 15) is 13.6 Å². The zero-order valence-corrected chi connectivity index (χ0v) is 12.3. The summed E-state index contributed by atoms with van der Waals surface area (Å²) >= 11 is 0. The van der Waals surface area contributed by atoms with Crippen molar-refractivity contribution in [3.05, 3.63) is 36.0 Å². The molecule has 1 heterocycles. The van der Waals surface area contributed by atoms with E-state index in [4.69, 9.17) is 0 Å². The van der Waals surface area contributed by atoms with Crippen LogP contribution in [0.2, 0.25) is 0 Å². The molecule has 1 amide bonds. The Labute approximate surface area is 126 Å². The Morgan fingerprint density at radius 2 is 2.00 bits per heavy atom.